The molecular weight excluding hydrogens is 430 g/mol. The molecule has 0 fully saturated rings. The van der Waals surface area contributed by atoms with Crippen LogP contribution < -0.4 is 5.32 Å². The van der Waals surface area contributed by atoms with Crippen LogP contribution in [0, 0.1) is 9.39 Å². The molecule has 0 aliphatic carbocycles. The third kappa shape index (κ3) is 3.32. The summed E-state index contributed by atoms with van der Waals surface area (Å²) in [7, 11) is 0. The fourth-order valence-corrected chi connectivity index (χ4v) is 2.84. The minimum Gasteiger partial charge on any atom is -0.493 e. The maximum absolute atomic E-state index is 13.5. The predicted molar refractivity (Wildman–Crippen MR) is 99.8 cm³/mol. The zero-order valence-electron chi connectivity index (χ0n) is 11.5. The Kier molecular flexibility index (Phi) is 4.53. The molecule has 23 heavy (non-hydrogen) atoms. The SMILES string of the molecule is Oc1[nH]c2c(I)cccc2c1N=NC(=S)Nc1ccccc1F. The topological polar surface area (TPSA) is 72.8 Å². The zero-order chi connectivity index (χ0) is 16.4. The van der Waals surface area contributed by atoms with Gasteiger partial charge in [0.25, 0.3) is 0 Å². The van der Waals surface area contributed by atoms with Gasteiger partial charge in [0.1, 0.15) is 5.82 Å². The van der Waals surface area contributed by atoms with Crippen LogP contribution in [-0.4, -0.2) is 15.2 Å². The average Bonchev–Trinajstić information content (AvgIpc) is 2.85. The second kappa shape index (κ2) is 6.59. The fraction of sp³-hybridized carbons (Fsp3) is 0. The van der Waals surface area contributed by atoms with Gasteiger partial charge in [-0.25, -0.2) is 4.39 Å². The number of aromatic hydroxyl groups is 1. The summed E-state index contributed by atoms with van der Waals surface area (Å²) in [5, 5.41) is 21.2. The number of azo groups is 1. The highest BCUT2D eigenvalue weighted by Gasteiger charge is 2.12. The summed E-state index contributed by atoms with van der Waals surface area (Å²) in [6, 6.07) is 11.7. The lowest BCUT2D eigenvalue weighted by Gasteiger charge is -2.03. The van der Waals surface area contributed by atoms with E-state index in [4.69, 9.17) is 12.2 Å². The standard InChI is InChI=1S/C15H10FIN4OS/c16-9-5-1-2-7-11(9)18-15(23)21-20-13-8-4-3-6-10(17)12(8)19-14(13)22/h1-7,19,22H,(H,18,23). The van der Waals surface area contributed by atoms with E-state index in [1.54, 1.807) is 18.2 Å². The fourth-order valence-electron chi connectivity index (χ4n) is 2.05. The van der Waals surface area contributed by atoms with Crippen molar-refractivity contribution in [2.24, 2.45) is 10.2 Å². The van der Waals surface area contributed by atoms with Gasteiger partial charge in [0.15, 0.2) is 5.69 Å². The Morgan fingerprint density at radius 2 is 2.00 bits per heavy atom. The molecule has 2 aromatic carbocycles. The van der Waals surface area contributed by atoms with E-state index in [0.29, 0.717) is 0 Å². The number of H-pyrrole nitrogens is 1. The number of anilines is 1. The first-order chi connectivity index (χ1) is 11.1. The summed E-state index contributed by atoms with van der Waals surface area (Å²) in [5.74, 6) is -0.531. The van der Waals surface area contributed by atoms with Gasteiger partial charge in [-0.15, -0.1) is 10.2 Å². The van der Waals surface area contributed by atoms with E-state index < -0.39 is 5.82 Å². The normalized spacial score (nSPS) is 11.2. The number of hydrogen-bond acceptors (Lipinski definition) is 3. The van der Waals surface area contributed by atoms with E-state index in [0.717, 1.165) is 14.5 Å². The Labute approximate surface area is 149 Å². The van der Waals surface area contributed by atoms with E-state index >= 15 is 0 Å². The smallest absolute Gasteiger partial charge is 0.218 e. The van der Waals surface area contributed by atoms with E-state index in [1.807, 2.05) is 18.2 Å². The number of halogens is 2. The lowest BCUT2D eigenvalue weighted by atomic mass is 10.2. The van der Waals surface area contributed by atoms with E-state index in [-0.39, 0.29) is 22.4 Å². The molecule has 0 saturated carbocycles. The van der Waals surface area contributed by atoms with Crippen molar-refractivity contribution in [3.63, 3.8) is 0 Å². The van der Waals surface area contributed by atoms with Crippen molar-refractivity contribution in [1.82, 2.24) is 4.98 Å². The van der Waals surface area contributed by atoms with Gasteiger partial charge in [-0.1, -0.05) is 24.3 Å². The first-order valence-electron chi connectivity index (χ1n) is 6.52. The largest absolute Gasteiger partial charge is 0.493 e. The van der Waals surface area contributed by atoms with Crippen LogP contribution in [0.1, 0.15) is 0 Å². The summed E-state index contributed by atoms with van der Waals surface area (Å²) < 4.78 is 14.5. The van der Waals surface area contributed by atoms with Gasteiger partial charge in [0.2, 0.25) is 11.0 Å². The minimum atomic E-state index is -0.436. The highest BCUT2D eigenvalue weighted by molar-refractivity contribution is 14.1. The third-order valence-corrected chi connectivity index (χ3v) is 4.18. The summed E-state index contributed by atoms with van der Waals surface area (Å²) in [5.41, 5.74) is 1.28. The Balaban J connectivity index is 1.86. The lowest BCUT2D eigenvalue weighted by molar-refractivity contribution is 0.459. The molecule has 3 aromatic rings. The van der Waals surface area contributed by atoms with Crippen LogP contribution in [0.25, 0.3) is 10.9 Å². The molecule has 0 aliphatic rings. The second-order valence-electron chi connectivity index (χ2n) is 4.59. The predicted octanol–water partition coefficient (Wildman–Crippen LogP) is 5.10. The summed E-state index contributed by atoms with van der Waals surface area (Å²) in [4.78, 5) is 2.85. The third-order valence-electron chi connectivity index (χ3n) is 3.09. The van der Waals surface area contributed by atoms with Crippen molar-refractivity contribution in [1.29, 1.82) is 0 Å². The van der Waals surface area contributed by atoms with Crippen LogP contribution in [-0.2, 0) is 0 Å². The van der Waals surface area contributed by atoms with Gasteiger partial charge in [-0.3, -0.25) is 0 Å². The molecule has 0 atom stereocenters. The molecule has 0 saturated heterocycles. The van der Waals surface area contributed by atoms with Crippen LogP contribution in [0.5, 0.6) is 5.88 Å². The van der Waals surface area contributed by atoms with Crippen molar-refractivity contribution >= 4 is 62.2 Å². The molecule has 0 spiro atoms. The van der Waals surface area contributed by atoms with Crippen LogP contribution >= 0.6 is 34.8 Å². The quantitative estimate of drug-likeness (QED) is 0.295. The number of benzene rings is 2. The number of rotatable bonds is 2. The van der Waals surface area contributed by atoms with Crippen LogP contribution in [0.15, 0.2) is 52.7 Å². The molecule has 1 aromatic heterocycles. The van der Waals surface area contributed by atoms with Gasteiger partial charge in [-0.2, -0.15) is 0 Å². The molecular formula is C15H10FIN4OS. The highest BCUT2D eigenvalue weighted by atomic mass is 127. The number of aromatic amines is 1. The van der Waals surface area contributed by atoms with Gasteiger partial charge in [0, 0.05) is 8.96 Å². The van der Waals surface area contributed by atoms with Gasteiger partial charge in [0.05, 0.1) is 11.2 Å². The van der Waals surface area contributed by atoms with Crippen molar-refractivity contribution in [2.45, 2.75) is 0 Å². The number of hydrogen-bond donors (Lipinski definition) is 3. The number of para-hydroxylation sites is 2. The number of aromatic nitrogens is 1. The molecule has 0 amide bonds. The molecule has 1 heterocycles. The molecule has 0 radical (unpaired) electrons. The van der Waals surface area contributed by atoms with Gasteiger partial charge >= 0.3 is 0 Å². The first kappa shape index (κ1) is 15.8. The van der Waals surface area contributed by atoms with Crippen molar-refractivity contribution < 1.29 is 9.50 Å². The first-order valence-corrected chi connectivity index (χ1v) is 8.01. The zero-order valence-corrected chi connectivity index (χ0v) is 14.5. The van der Waals surface area contributed by atoms with E-state index in [1.165, 1.54) is 6.07 Å². The molecule has 116 valence electrons. The summed E-state index contributed by atoms with van der Waals surface area (Å²) in [6.45, 7) is 0. The Hall–Kier alpha value is -2.07. The van der Waals surface area contributed by atoms with Gasteiger partial charge in [-0.05, 0) is 53.0 Å². The molecule has 0 aliphatic heterocycles. The Morgan fingerprint density at radius 1 is 1.22 bits per heavy atom. The lowest BCUT2D eigenvalue weighted by Crippen LogP contribution is -2.06. The van der Waals surface area contributed by atoms with Crippen LogP contribution in [0.4, 0.5) is 15.8 Å². The van der Waals surface area contributed by atoms with E-state index in [2.05, 4.69) is 43.1 Å². The second-order valence-corrected chi connectivity index (χ2v) is 6.14. The number of fused-ring (bicyclic) bond motifs is 1. The number of thiocarbonyl (C=S) groups is 1. The Morgan fingerprint density at radius 3 is 2.78 bits per heavy atom. The maximum atomic E-state index is 13.5. The minimum absolute atomic E-state index is 0.00511. The van der Waals surface area contributed by atoms with Crippen molar-refractivity contribution in [3.05, 3.63) is 51.9 Å². The van der Waals surface area contributed by atoms with Gasteiger partial charge < -0.3 is 15.4 Å². The summed E-state index contributed by atoms with van der Waals surface area (Å²) in [6.07, 6.45) is 0. The molecule has 8 heteroatoms. The average molecular weight is 440 g/mol. The highest BCUT2D eigenvalue weighted by Crippen LogP contribution is 2.37. The molecule has 3 N–H and O–H groups in total. The van der Waals surface area contributed by atoms with Crippen LogP contribution in [0.2, 0.25) is 0 Å². The molecule has 0 unspecified atom stereocenters. The summed E-state index contributed by atoms with van der Waals surface area (Å²) >= 11 is 7.18. The van der Waals surface area contributed by atoms with E-state index in [9.17, 15) is 9.50 Å². The molecule has 5 nitrogen and oxygen atoms in total. The number of nitrogens with zero attached hydrogens (tertiary/aromatic N) is 2. The van der Waals surface area contributed by atoms with Crippen molar-refractivity contribution in [3.8, 4) is 5.88 Å². The Bertz CT molecular complexity index is 925. The van der Waals surface area contributed by atoms with Crippen molar-refractivity contribution in [2.75, 3.05) is 5.32 Å². The van der Waals surface area contributed by atoms with Crippen LogP contribution in [0.3, 0.4) is 0 Å². The maximum Gasteiger partial charge on any atom is 0.218 e. The number of nitrogens with one attached hydrogen (secondary N) is 2. The molecule has 3 rings (SSSR count). The molecule has 0 bridgehead atoms. The monoisotopic (exact) mass is 440 g/mol.